The molecule has 1 rings (SSSR count). The second kappa shape index (κ2) is 4.30. The molecule has 0 amide bonds. The summed E-state index contributed by atoms with van der Waals surface area (Å²) in [6.45, 7) is 3.68. The Hall–Kier alpha value is -1.00. The zero-order valence-electron chi connectivity index (χ0n) is 7.75. The van der Waals surface area contributed by atoms with Crippen LogP contribution in [0.2, 0.25) is 0 Å². The summed E-state index contributed by atoms with van der Waals surface area (Å²) < 4.78 is 0. The Balaban J connectivity index is 2.73. The van der Waals surface area contributed by atoms with Crippen LogP contribution in [0.15, 0.2) is 18.6 Å². The Bertz CT molecular complexity index is 251. The van der Waals surface area contributed by atoms with E-state index in [2.05, 4.69) is 9.97 Å². The van der Waals surface area contributed by atoms with Gasteiger partial charge in [-0.25, -0.2) is 0 Å². The summed E-state index contributed by atoms with van der Waals surface area (Å²) in [5, 5.41) is 19.1. The number of rotatable bonds is 3. The molecule has 72 valence electrons. The van der Waals surface area contributed by atoms with Gasteiger partial charge in [0.15, 0.2) is 0 Å². The van der Waals surface area contributed by atoms with Gasteiger partial charge >= 0.3 is 0 Å². The van der Waals surface area contributed by atoms with Gasteiger partial charge < -0.3 is 10.2 Å². The number of hydrogen-bond acceptors (Lipinski definition) is 4. The van der Waals surface area contributed by atoms with Gasteiger partial charge in [0.05, 0.1) is 18.0 Å². The quantitative estimate of drug-likeness (QED) is 0.715. The largest absolute Gasteiger partial charge is 0.390 e. The van der Waals surface area contributed by atoms with Crippen molar-refractivity contribution in [2.45, 2.75) is 26.1 Å². The van der Waals surface area contributed by atoms with Crippen molar-refractivity contribution < 1.29 is 10.2 Å². The molecule has 1 aromatic heterocycles. The van der Waals surface area contributed by atoms with Crippen LogP contribution in [0.1, 0.15) is 25.6 Å². The van der Waals surface area contributed by atoms with Crippen molar-refractivity contribution in [1.82, 2.24) is 9.97 Å². The first-order chi connectivity index (χ1) is 6.13. The molecule has 0 aromatic carbocycles. The topological polar surface area (TPSA) is 66.2 Å². The third kappa shape index (κ3) is 2.47. The number of aliphatic hydroxyl groups excluding tert-OH is 2. The van der Waals surface area contributed by atoms with Crippen molar-refractivity contribution in [3.05, 3.63) is 24.3 Å². The highest BCUT2D eigenvalue weighted by Crippen LogP contribution is 2.18. The number of aliphatic hydroxyl groups is 2. The van der Waals surface area contributed by atoms with Gasteiger partial charge in [0, 0.05) is 12.4 Å². The van der Waals surface area contributed by atoms with E-state index in [1.807, 2.05) is 13.8 Å². The molecule has 4 nitrogen and oxygen atoms in total. The van der Waals surface area contributed by atoms with Gasteiger partial charge in [-0.05, 0) is 5.92 Å². The summed E-state index contributed by atoms with van der Waals surface area (Å²) in [6, 6.07) is 0. The summed E-state index contributed by atoms with van der Waals surface area (Å²) in [5.41, 5.74) is 0.406. The van der Waals surface area contributed by atoms with E-state index in [1.165, 1.54) is 18.6 Å². The van der Waals surface area contributed by atoms with E-state index in [-0.39, 0.29) is 5.92 Å². The molecule has 1 heterocycles. The van der Waals surface area contributed by atoms with Gasteiger partial charge in [-0.3, -0.25) is 9.97 Å². The molecule has 2 atom stereocenters. The van der Waals surface area contributed by atoms with Crippen LogP contribution in [0.4, 0.5) is 0 Å². The fourth-order valence-corrected chi connectivity index (χ4v) is 1.00. The van der Waals surface area contributed by atoms with Crippen LogP contribution in [0, 0.1) is 5.92 Å². The summed E-state index contributed by atoms with van der Waals surface area (Å²) in [6.07, 6.45) is 2.73. The lowest BCUT2D eigenvalue weighted by molar-refractivity contribution is -0.0118. The predicted molar refractivity (Wildman–Crippen MR) is 47.8 cm³/mol. The van der Waals surface area contributed by atoms with Crippen LogP contribution in [0.5, 0.6) is 0 Å². The molecule has 0 aliphatic rings. The van der Waals surface area contributed by atoms with Gasteiger partial charge in [-0.1, -0.05) is 13.8 Å². The van der Waals surface area contributed by atoms with Gasteiger partial charge in [-0.15, -0.1) is 0 Å². The molecule has 0 spiro atoms. The van der Waals surface area contributed by atoms with Crippen LogP contribution in [-0.4, -0.2) is 26.3 Å². The molecule has 0 aliphatic heterocycles. The zero-order valence-corrected chi connectivity index (χ0v) is 7.75. The highest BCUT2D eigenvalue weighted by molar-refractivity contribution is 5.01. The minimum absolute atomic E-state index is 0.00277. The third-order valence-electron chi connectivity index (χ3n) is 1.89. The Morgan fingerprint density at radius 2 is 1.92 bits per heavy atom. The third-order valence-corrected chi connectivity index (χ3v) is 1.89. The van der Waals surface area contributed by atoms with E-state index < -0.39 is 12.2 Å². The molecule has 0 bridgehead atoms. The standard InChI is InChI=1S/C9H14N2O2/c1-6(2)8(12)9(13)7-5-10-3-4-11-7/h3-6,8-9,12-13H,1-2H3. The fourth-order valence-electron chi connectivity index (χ4n) is 1.00. The molecule has 2 N–H and O–H groups in total. The molecule has 0 saturated carbocycles. The minimum atomic E-state index is -0.950. The van der Waals surface area contributed by atoms with Gasteiger partial charge in [0.2, 0.25) is 0 Å². The van der Waals surface area contributed by atoms with Crippen molar-refractivity contribution in [3.63, 3.8) is 0 Å². The van der Waals surface area contributed by atoms with Gasteiger partial charge in [0.1, 0.15) is 6.10 Å². The van der Waals surface area contributed by atoms with Crippen molar-refractivity contribution in [2.24, 2.45) is 5.92 Å². The maximum Gasteiger partial charge on any atom is 0.124 e. The first-order valence-corrected chi connectivity index (χ1v) is 4.25. The van der Waals surface area contributed by atoms with Crippen molar-refractivity contribution >= 4 is 0 Å². The first-order valence-electron chi connectivity index (χ1n) is 4.25. The second-order valence-electron chi connectivity index (χ2n) is 3.31. The number of hydrogen-bond donors (Lipinski definition) is 2. The van der Waals surface area contributed by atoms with Gasteiger partial charge in [-0.2, -0.15) is 0 Å². The lowest BCUT2D eigenvalue weighted by Crippen LogP contribution is -2.24. The maximum atomic E-state index is 9.61. The summed E-state index contributed by atoms with van der Waals surface area (Å²) >= 11 is 0. The normalized spacial score (nSPS) is 15.8. The van der Waals surface area contributed by atoms with Crippen molar-refractivity contribution in [3.8, 4) is 0 Å². The molecule has 1 aromatic rings. The number of aromatic nitrogens is 2. The average molecular weight is 182 g/mol. The minimum Gasteiger partial charge on any atom is -0.390 e. The van der Waals surface area contributed by atoms with E-state index in [1.54, 1.807) is 0 Å². The van der Waals surface area contributed by atoms with Crippen molar-refractivity contribution in [2.75, 3.05) is 0 Å². The zero-order chi connectivity index (χ0) is 9.84. The molecule has 4 heteroatoms. The van der Waals surface area contributed by atoms with E-state index in [9.17, 15) is 10.2 Å². The van der Waals surface area contributed by atoms with Crippen LogP contribution >= 0.6 is 0 Å². The van der Waals surface area contributed by atoms with Crippen LogP contribution < -0.4 is 0 Å². The number of nitrogens with zero attached hydrogens (tertiary/aromatic N) is 2. The lowest BCUT2D eigenvalue weighted by atomic mass is 10.00. The molecule has 0 saturated heterocycles. The Labute approximate surface area is 77.3 Å². The molecule has 0 aliphatic carbocycles. The summed E-state index contributed by atoms with van der Waals surface area (Å²) in [7, 11) is 0. The molecule has 0 radical (unpaired) electrons. The predicted octanol–water partition coefficient (Wildman–Crippen LogP) is 0.527. The van der Waals surface area contributed by atoms with Crippen LogP contribution in [-0.2, 0) is 0 Å². The summed E-state index contributed by atoms with van der Waals surface area (Å²) in [4.78, 5) is 7.72. The molecule has 2 unspecified atom stereocenters. The maximum absolute atomic E-state index is 9.61. The highest BCUT2D eigenvalue weighted by atomic mass is 16.3. The Morgan fingerprint density at radius 3 is 2.38 bits per heavy atom. The monoisotopic (exact) mass is 182 g/mol. The van der Waals surface area contributed by atoms with E-state index in [4.69, 9.17) is 0 Å². The Kier molecular flexibility index (Phi) is 3.33. The smallest absolute Gasteiger partial charge is 0.124 e. The second-order valence-corrected chi connectivity index (χ2v) is 3.31. The fraction of sp³-hybridized carbons (Fsp3) is 0.556. The van der Waals surface area contributed by atoms with E-state index in [0.717, 1.165) is 0 Å². The first kappa shape index (κ1) is 10.1. The van der Waals surface area contributed by atoms with E-state index in [0.29, 0.717) is 5.69 Å². The molecular weight excluding hydrogens is 168 g/mol. The molecular formula is C9H14N2O2. The Morgan fingerprint density at radius 1 is 1.23 bits per heavy atom. The SMILES string of the molecule is CC(C)C(O)C(O)c1cnccn1. The van der Waals surface area contributed by atoms with Crippen LogP contribution in [0.25, 0.3) is 0 Å². The van der Waals surface area contributed by atoms with E-state index >= 15 is 0 Å². The summed E-state index contributed by atoms with van der Waals surface area (Å²) in [5.74, 6) is -0.00277. The van der Waals surface area contributed by atoms with Crippen LogP contribution in [0.3, 0.4) is 0 Å². The van der Waals surface area contributed by atoms with Gasteiger partial charge in [0.25, 0.3) is 0 Å². The van der Waals surface area contributed by atoms with Crippen molar-refractivity contribution in [1.29, 1.82) is 0 Å². The lowest BCUT2D eigenvalue weighted by Gasteiger charge is -2.19. The average Bonchev–Trinajstić information content (AvgIpc) is 2.17. The molecule has 0 fully saturated rings. The molecule has 13 heavy (non-hydrogen) atoms. The highest BCUT2D eigenvalue weighted by Gasteiger charge is 2.22.